The zero-order valence-electron chi connectivity index (χ0n) is 13.2. The van der Waals surface area contributed by atoms with Gasteiger partial charge >= 0.3 is 0 Å². The number of carbonyl (C=O) groups is 1. The Morgan fingerprint density at radius 2 is 1.65 bits per heavy atom. The first-order chi connectivity index (χ1) is 11.1. The van der Waals surface area contributed by atoms with Crippen LogP contribution in [0.5, 0.6) is 17.2 Å². The number of phenols is 1. The van der Waals surface area contributed by atoms with Crippen molar-refractivity contribution in [1.29, 1.82) is 0 Å². The number of thioether (sulfide) groups is 1. The fourth-order valence-electron chi connectivity index (χ4n) is 2.03. The lowest BCUT2D eigenvalue weighted by atomic mass is 10.1. The van der Waals surface area contributed by atoms with Gasteiger partial charge in [-0.2, -0.15) is 0 Å². The minimum absolute atomic E-state index is 0.0638. The average Bonchev–Trinajstić information content (AvgIpc) is 2.60. The third kappa shape index (κ3) is 4.07. The van der Waals surface area contributed by atoms with Crippen molar-refractivity contribution in [3.63, 3.8) is 0 Å². The molecule has 0 atom stereocenters. The zero-order valence-corrected chi connectivity index (χ0v) is 14.0. The molecule has 0 bridgehead atoms. The van der Waals surface area contributed by atoms with Crippen molar-refractivity contribution in [3.05, 3.63) is 53.6 Å². The van der Waals surface area contributed by atoms with E-state index in [0.717, 1.165) is 4.90 Å². The zero-order chi connectivity index (χ0) is 16.8. The Bertz CT molecular complexity index is 695. The summed E-state index contributed by atoms with van der Waals surface area (Å²) >= 11 is 1.63. The first kappa shape index (κ1) is 17.0. The van der Waals surface area contributed by atoms with E-state index >= 15 is 0 Å². The summed E-state index contributed by atoms with van der Waals surface area (Å²) in [6, 6.07) is 10.7. The van der Waals surface area contributed by atoms with Crippen LogP contribution < -0.4 is 9.47 Å². The third-order valence-electron chi connectivity index (χ3n) is 3.30. The van der Waals surface area contributed by atoms with Crippen molar-refractivity contribution in [2.45, 2.75) is 4.90 Å². The van der Waals surface area contributed by atoms with E-state index in [-0.39, 0.29) is 11.5 Å². The molecular formula is C18H18O4S. The molecule has 120 valence electrons. The van der Waals surface area contributed by atoms with Crippen molar-refractivity contribution >= 4 is 23.6 Å². The summed E-state index contributed by atoms with van der Waals surface area (Å²) in [5.41, 5.74) is 1.32. The lowest BCUT2D eigenvalue weighted by Crippen LogP contribution is -1.94. The lowest BCUT2D eigenvalue weighted by molar-refractivity contribution is 0.104. The monoisotopic (exact) mass is 330 g/mol. The Balaban J connectivity index is 2.23. The van der Waals surface area contributed by atoms with Gasteiger partial charge in [0.05, 0.1) is 14.2 Å². The van der Waals surface area contributed by atoms with Gasteiger partial charge in [0, 0.05) is 10.5 Å². The molecule has 0 heterocycles. The van der Waals surface area contributed by atoms with E-state index in [0.29, 0.717) is 22.6 Å². The van der Waals surface area contributed by atoms with Crippen LogP contribution in [0, 0.1) is 0 Å². The quantitative estimate of drug-likeness (QED) is 0.492. The van der Waals surface area contributed by atoms with Crippen molar-refractivity contribution in [2.24, 2.45) is 0 Å². The first-order valence-electron chi connectivity index (χ1n) is 6.90. The maximum atomic E-state index is 12.2. The molecule has 5 heteroatoms. The van der Waals surface area contributed by atoms with Crippen LogP contribution in [0.3, 0.4) is 0 Å². The number of carbonyl (C=O) groups excluding carboxylic acids is 1. The Labute approximate surface area is 139 Å². The normalized spacial score (nSPS) is 10.7. The summed E-state index contributed by atoms with van der Waals surface area (Å²) < 4.78 is 10.2. The SMILES string of the molecule is COc1cc(/C=C/C(=O)c2ccc(SC)cc2)cc(OC)c1O. The van der Waals surface area contributed by atoms with Crippen LogP contribution in [0.25, 0.3) is 6.08 Å². The molecule has 2 rings (SSSR count). The van der Waals surface area contributed by atoms with E-state index in [4.69, 9.17) is 9.47 Å². The molecule has 0 unspecified atom stereocenters. The summed E-state index contributed by atoms with van der Waals surface area (Å²) in [6.07, 6.45) is 5.14. The summed E-state index contributed by atoms with van der Waals surface area (Å²) in [7, 11) is 2.92. The molecule has 2 aromatic rings. The number of ketones is 1. The predicted octanol–water partition coefficient (Wildman–Crippen LogP) is 4.03. The lowest BCUT2D eigenvalue weighted by Gasteiger charge is -2.09. The smallest absolute Gasteiger partial charge is 0.200 e. The number of methoxy groups -OCH3 is 2. The van der Waals surface area contributed by atoms with Crippen LogP contribution in [0.1, 0.15) is 15.9 Å². The topological polar surface area (TPSA) is 55.8 Å². The summed E-state index contributed by atoms with van der Waals surface area (Å²) in [4.78, 5) is 13.3. The van der Waals surface area contributed by atoms with Crippen molar-refractivity contribution in [1.82, 2.24) is 0 Å². The average molecular weight is 330 g/mol. The molecule has 0 saturated heterocycles. The fraction of sp³-hybridized carbons (Fsp3) is 0.167. The molecule has 0 aliphatic heterocycles. The number of hydrogen-bond donors (Lipinski definition) is 1. The van der Waals surface area contributed by atoms with Gasteiger partial charge in [0.25, 0.3) is 0 Å². The van der Waals surface area contributed by atoms with Gasteiger partial charge in [-0.05, 0) is 54.3 Å². The predicted molar refractivity (Wildman–Crippen MR) is 92.8 cm³/mol. The molecule has 0 aromatic heterocycles. The second kappa shape index (κ2) is 7.74. The maximum Gasteiger partial charge on any atom is 0.200 e. The Kier molecular flexibility index (Phi) is 5.71. The van der Waals surface area contributed by atoms with Gasteiger partial charge in [-0.1, -0.05) is 6.08 Å². The minimum Gasteiger partial charge on any atom is -0.502 e. The van der Waals surface area contributed by atoms with Crippen LogP contribution >= 0.6 is 11.8 Å². The summed E-state index contributed by atoms with van der Waals surface area (Å²) in [6.45, 7) is 0. The number of aromatic hydroxyl groups is 1. The standard InChI is InChI=1S/C18H18O4S/c1-21-16-10-12(11-17(22-2)18(16)20)4-9-15(19)13-5-7-14(23-3)8-6-13/h4-11,20H,1-3H3/b9-4+. The summed E-state index contributed by atoms with van der Waals surface area (Å²) in [5.74, 6) is 0.427. The van der Waals surface area contributed by atoms with Crippen molar-refractivity contribution in [3.8, 4) is 17.2 Å². The highest BCUT2D eigenvalue weighted by Gasteiger charge is 2.10. The molecule has 0 spiro atoms. The van der Waals surface area contributed by atoms with Gasteiger partial charge in [0.15, 0.2) is 17.3 Å². The highest BCUT2D eigenvalue weighted by atomic mass is 32.2. The number of benzene rings is 2. The van der Waals surface area contributed by atoms with Gasteiger partial charge in [-0.3, -0.25) is 4.79 Å². The van der Waals surface area contributed by atoms with Gasteiger partial charge in [0.2, 0.25) is 5.75 Å². The van der Waals surface area contributed by atoms with E-state index < -0.39 is 0 Å². The number of rotatable bonds is 6. The summed E-state index contributed by atoms with van der Waals surface area (Å²) in [5, 5.41) is 9.88. The molecule has 0 aliphatic carbocycles. The van der Waals surface area contributed by atoms with Crippen molar-refractivity contribution in [2.75, 3.05) is 20.5 Å². The second-order valence-corrected chi connectivity index (χ2v) is 5.58. The second-order valence-electron chi connectivity index (χ2n) is 4.70. The molecular weight excluding hydrogens is 312 g/mol. The molecule has 0 aliphatic rings. The molecule has 0 radical (unpaired) electrons. The molecule has 2 aromatic carbocycles. The number of allylic oxidation sites excluding steroid dienone is 1. The van der Waals surface area contributed by atoms with E-state index in [1.807, 2.05) is 18.4 Å². The van der Waals surface area contributed by atoms with Crippen LogP contribution in [0.2, 0.25) is 0 Å². The van der Waals surface area contributed by atoms with Gasteiger partial charge in [-0.25, -0.2) is 0 Å². The van der Waals surface area contributed by atoms with Crippen LogP contribution in [0.15, 0.2) is 47.4 Å². The van der Waals surface area contributed by atoms with Crippen LogP contribution in [-0.2, 0) is 0 Å². The molecule has 1 N–H and O–H groups in total. The van der Waals surface area contributed by atoms with E-state index in [1.165, 1.54) is 20.3 Å². The largest absolute Gasteiger partial charge is 0.502 e. The number of ether oxygens (including phenoxy) is 2. The van der Waals surface area contributed by atoms with E-state index in [2.05, 4.69) is 0 Å². The minimum atomic E-state index is -0.0938. The van der Waals surface area contributed by atoms with E-state index in [1.54, 1.807) is 42.1 Å². The fourth-order valence-corrected chi connectivity index (χ4v) is 2.44. The first-order valence-corrected chi connectivity index (χ1v) is 8.13. The van der Waals surface area contributed by atoms with Crippen LogP contribution in [-0.4, -0.2) is 31.4 Å². The van der Waals surface area contributed by atoms with Gasteiger partial charge in [0.1, 0.15) is 0 Å². The highest BCUT2D eigenvalue weighted by molar-refractivity contribution is 7.98. The van der Waals surface area contributed by atoms with Crippen molar-refractivity contribution < 1.29 is 19.4 Å². The van der Waals surface area contributed by atoms with E-state index in [9.17, 15) is 9.90 Å². The molecule has 0 saturated carbocycles. The molecule has 4 nitrogen and oxygen atoms in total. The third-order valence-corrected chi connectivity index (χ3v) is 4.05. The maximum absolute atomic E-state index is 12.2. The number of phenolic OH excluding ortho intramolecular Hbond substituents is 1. The Morgan fingerprint density at radius 1 is 1.09 bits per heavy atom. The molecule has 0 fully saturated rings. The Morgan fingerprint density at radius 3 is 2.13 bits per heavy atom. The molecule has 23 heavy (non-hydrogen) atoms. The molecule has 0 amide bonds. The van der Waals surface area contributed by atoms with Gasteiger partial charge in [-0.15, -0.1) is 11.8 Å². The Hall–Kier alpha value is -2.40. The highest BCUT2D eigenvalue weighted by Crippen LogP contribution is 2.37. The van der Waals surface area contributed by atoms with Crippen LogP contribution in [0.4, 0.5) is 0 Å². The van der Waals surface area contributed by atoms with Gasteiger partial charge < -0.3 is 14.6 Å². The number of hydrogen-bond acceptors (Lipinski definition) is 5.